The average Bonchev–Trinajstić information content (AvgIpc) is 2.34. The van der Waals surface area contributed by atoms with E-state index in [2.05, 4.69) is 35.5 Å². The molecule has 0 N–H and O–H groups in total. The summed E-state index contributed by atoms with van der Waals surface area (Å²) in [6.07, 6.45) is 3.99. The Labute approximate surface area is 108 Å². The van der Waals surface area contributed by atoms with Crippen molar-refractivity contribution in [2.75, 3.05) is 25.6 Å². The van der Waals surface area contributed by atoms with Gasteiger partial charge < -0.3 is 9.64 Å². The third kappa shape index (κ3) is 3.98. The van der Waals surface area contributed by atoms with Gasteiger partial charge in [0, 0.05) is 26.0 Å². The molecule has 1 aromatic rings. The molecule has 0 fully saturated rings. The largest absolute Gasteiger partial charge is 0.469 e. The van der Waals surface area contributed by atoms with Crippen LogP contribution in [0.25, 0.3) is 0 Å². The molecule has 0 saturated heterocycles. The lowest BCUT2D eigenvalue weighted by Crippen LogP contribution is -2.24. The average molecular weight is 251 g/mol. The second kappa shape index (κ2) is 5.80. The van der Waals surface area contributed by atoms with Crippen molar-refractivity contribution in [1.29, 1.82) is 0 Å². The molecule has 1 rings (SSSR count). The smallest absolute Gasteiger partial charge is 0.307 e. The minimum absolute atomic E-state index is 0.0448. The van der Waals surface area contributed by atoms with E-state index < -0.39 is 0 Å². The lowest BCUT2D eigenvalue weighted by molar-refractivity contribution is -0.140. The monoisotopic (exact) mass is 251 g/mol. The summed E-state index contributed by atoms with van der Waals surface area (Å²) in [5, 5.41) is 0. The Kier molecular flexibility index (Phi) is 4.64. The van der Waals surface area contributed by atoms with E-state index >= 15 is 0 Å². The third-order valence-electron chi connectivity index (χ3n) is 2.72. The maximum Gasteiger partial charge on any atom is 0.307 e. The van der Waals surface area contributed by atoms with Crippen molar-refractivity contribution in [3.8, 4) is 0 Å². The van der Waals surface area contributed by atoms with Gasteiger partial charge in [0.15, 0.2) is 0 Å². The predicted octanol–water partition coefficient (Wildman–Crippen LogP) is 1.77. The first-order chi connectivity index (χ1) is 8.34. The Bertz CT molecular complexity index is 396. The standard InChI is InChI=1S/C13H21N3O2/c1-13(2,3)10-8-14-12(15-9-10)16(4)7-6-11(17)18-5/h8-9H,6-7H2,1-5H3. The van der Waals surface area contributed by atoms with Crippen molar-refractivity contribution in [2.45, 2.75) is 32.6 Å². The molecular formula is C13H21N3O2. The van der Waals surface area contributed by atoms with Gasteiger partial charge in [-0.15, -0.1) is 0 Å². The van der Waals surface area contributed by atoms with Crippen LogP contribution in [0.3, 0.4) is 0 Å². The fourth-order valence-electron chi connectivity index (χ4n) is 1.37. The fourth-order valence-corrected chi connectivity index (χ4v) is 1.37. The van der Waals surface area contributed by atoms with Gasteiger partial charge in [-0.1, -0.05) is 20.8 Å². The van der Waals surface area contributed by atoms with Crippen LogP contribution in [0, 0.1) is 0 Å². The number of carbonyl (C=O) groups is 1. The van der Waals surface area contributed by atoms with Crippen molar-refractivity contribution >= 4 is 11.9 Å². The van der Waals surface area contributed by atoms with Gasteiger partial charge in [0.25, 0.3) is 0 Å². The van der Waals surface area contributed by atoms with E-state index in [1.165, 1.54) is 7.11 Å². The third-order valence-corrected chi connectivity index (χ3v) is 2.72. The summed E-state index contributed by atoms with van der Waals surface area (Å²) < 4.78 is 4.59. The quantitative estimate of drug-likeness (QED) is 0.763. The molecule has 0 aliphatic rings. The number of esters is 1. The van der Waals surface area contributed by atoms with Gasteiger partial charge in [-0.05, 0) is 11.0 Å². The van der Waals surface area contributed by atoms with Crippen LogP contribution in [0.15, 0.2) is 12.4 Å². The number of methoxy groups -OCH3 is 1. The Morgan fingerprint density at radius 2 is 1.89 bits per heavy atom. The highest BCUT2D eigenvalue weighted by Gasteiger charge is 2.15. The van der Waals surface area contributed by atoms with E-state index in [0.717, 1.165) is 5.56 Å². The molecule has 0 bridgehead atoms. The molecule has 18 heavy (non-hydrogen) atoms. The number of rotatable bonds is 4. The van der Waals surface area contributed by atoms with E-state index in [1.54, 1.807) is 0 Å². The lowest BCUT2D eigenvalue weighted by atomic mass is 9.89. The summed E-state index contributed by atoms with van der Waals surface area (Å²) in [6.45, 7) is 6.90. The van der Waals surface area contributed by atoms with Gasteiger partial charge in [-0.2, -0.15) is 0 Å². The van der Waals surface area contributed by atoms with Crippen LogP contribution < -0.4 is 4.90 Å². The van der Waals surface area contributed by atoms with E-state index in [9.17, 15) is 4.79 Å². The molecule has 0 spiro atoms. The normalized spacial score (nSPS) is 11.2. The highest BCUT2D eigenvalue weighted by atomic mass is 16.5. The Morgan fingerprint density at radius 1 is 1.33 bits per heavy atom. The summed E-state index contributed by atoms with van der Waals surface area (Å²) >= 11 is 0. The van der Waals surface area contributed by atoms with Crippen molar-refractivity contribution in [2.24, 2.45) is 0 Å². The molecule has 0 saturated carbocycles. The van der Waals surface area contributed by atoms with Gasteiger partial charge in [-0.25, -0.2) is 9.97 Å². The van der Waals surface area contributed by atoms with Crippen molar-refractivity contribution < 1.29 is 9.53 Å². The first-order valence-electron chi connectivity index (χ1n) is 5.95. The molecule has 0 radical (unpaired) electrons. The summed E-state index contributed by atoms with van der Waals surface area (Å²) in [7, 11) is 3.24. The van der Waals surface area contributed by atoms with E-state index in [0.29, 0.717) is 18.9 Å². The first-order valence-corrected chi connectivity index (χ1v) is 5.95. The molecule has 0 unspecified atom stereocenters. The predicted molar refractivity (Wildman–Crippen MR) is 70.6 cm³/mol. The summed E-state index contributed by atoms with van der Waals surface area (Å²) in [5.41, 5.74) is 1.14. The van der Waals surface area contributed by atoms with Gasteiger partial charge in [-0.3, -0.25) is 4.79 Å². The number of carbonyl (C=O) groups excluding carboxylic acids is 1. The number of hydrogen-bond acceptors (Lipinski definition) is 5. The van der Waals surface area contributed by atoms with Crippen molar-refractivity contribution in [3.63, 3.8) is 0 Å². The van der Waals surface area contributed by atoms with E-state index in [4.69, 9.17) is 0 Å². The minimum atomic E-state index is -0.229. The van der Waals surface area contributed by atoms with Crippen LogP contribution in [-0.2, 0) is 14.9 Å². The molecule has 0 atom stereocenters. The van der Waals surface area contributed by atoms with Crippen molar-refractivity contribution in [1.82, 2.24) is 9.97 Å². The zero-order valence-corrected chi connectivity index (χ0v) is 11.7. The van der Waals surface area contributed by atoms with Crippen LogP contribution in [0.5, 0.6) is 0 Å². The highest BCUT2D eigenvalue weighted by molar-refractivity contribution is 5.69. The summed E-state index contributed by atoms with van der Waals surface area (Å²) in [5.74, 6) is 0.389. The number of nitrogens with zero attached hydrogens (tertiary/aromatic N) is 3. The van der Waals surface area contributed by atoms with Gasteiger partial charge >= 0.3 is 5.97 Å². The van der Waals surface area contributed by atoms with Crippen LogP contribution >= 0.6 is 0 Å². The van der Waals surface area contributed by atoms with Crippen molar-refractivity contribution in [3.05, 3.63) is 18.0 Å². The zero-order chi connectivity index (χ0) is 13.8. The summed E-state index contributed by atoms with van der Waals surface area (Å²) in [6, 6.07) is 0. The number of aromatic nitrogens is 2. The fraction of sp³-hybridized carbons (Fsp3) is 0.615. The van der Waals surface area contributed by atoms with E-state index in [1.807, 2.05) is 24.3 Å². The van der Waals surface area contributed by atoms with Crippen LogP contribution in [0.4, 0.5) is 5.95 Å². The Hall–Kier alpha value is -1.65. The molecule has 0 aromatic carbocycles. The van der Waals surface area contributed by atoms with Crippen LogP contribution in [-0.4, -0.2) is 36.6 Å². The second-order valence-electron chi connectivity index (χ2n) is 5.27. The van der Waals surface area contributed by atoms with E-state index in [-0.39, 0.29) is 11.4 Å². The Morgan fingerprint density at radius 3 is 2.33 bits per heavy atom. The topological polar surface area (TPSA) is 55.3 Å². The molecule has 1 heterocycles. The van der Waals surface area contributed by atoms with Gasteiger partial charge in [0.1, 0.15) is 0 Å². The van der Waals surface area contributed by atoms with Gasteiger partial charge in [0.2, 0.25) is 5.95 Å². The molecule has 0 aliphatic carbocycles. The molecular weight excluding hydrogens is 230 g/mol. The highest BCUT2D eigenvalue weighted by Crippen LogP contribution is 2.21. The minimum Gasteiger partial charge on any atom is -0.469 e. The molecule has 0 amide bonds. The maximum atomic E-state index is 11.0. The molecule has 0 aliphatic heterocycles. The number of ether oxygens (including phenoxy) is 1. The first kappa shape index (κ1) is 14.4. The second-order valence-corrected chi connectivity index (χ2v) is 5.27. The SMILES string of the molecule is COC(=O)CCN(C)c1ncc(C(C)(C)C)cn1. The maximum absolute atomic E-state index is 11.0. The zero-order valence-electron chi connectivity index (χ0n) is 11.7. The number of hydrogen-bond donors (Lipinski definition) is 0. The Balaban J connectivity index is 2.65. The molecule has 100 valence electrons. The molecule has 5 heteroatoms. The molecule has 1 aromatic heterocycles. The summed E-state index contributed by atoms with van der Waals surface area (Å²) in [4.78, 5) is 21.5. The van der Waals surface area contributed by atoms with Crippen LogP contribution in [0.2, 0.25) is 0 Å². The van der Waals surface area contributed by atoms with Gasteiger partial charge in [0.05, 0.1) is 13.5 Å². The lowest BCUT2D eigenvalue weighted by Gasteiger charge is -2.20. The van der Waals surface area contributed by atoms with Crippen LogP contribution in [0.1, 0.15) is 32.8 Å². The molecule has 5 nitrogen and oxygen atoms in total. The number of anilines is 1.